The summed E-state index contributed by atoms with van der Waals surface area (Å²) in [7, 11) is 0. The largest absolute Gasteiger partial charge is 0.387 e. The van der Waals surface area contributed by atoms with Crippen LogP contribution in [0.25, 0.3) is 0 Å². The van der Waals surface area contributed by atoms with Crippen LogP contribution < -0.4 is 0 Å². The molecule has 0 saturated heterocycles. The fraction of sp³-hybridized carbons (Fsp3) is 0.333. The predicted molar refractivity (Wildman–Crippen MR) is 75.0 cm³/mol. The highest BCUT2D eigenvalue weighted by molar-refractivity contribution is 8.00. The van der Waals surface area contributed by atoms with E-state index in [1.54, 1.807) is 6.08 Å². The average Bonchev–Trinajstić information content (AvgIpc) is 2.37. The van der Waals surface area contributed by atoms with Gasteiger partial charge < -0.3 is 5.11 Å². The Balaban J connectivity index is 2.57. The Bertz CT molecular complexity index is 378. The number of unbranched alkanes of at least 4 members (excludes halogenated alkanes) is 1. The molecule has 0 aliphatic rings. The van der Waals surface area contributed by atoms with Crippen molar-refractivity contribution in [3.63, 3.8) is 0 Å². The van der Waals surface area contributed by atoms with Crippen LogP contribution in [0, 0.1) is 12.3 Å². The van der Waals surface area contributed by atoms with Crippen LogP contribution in [0.5, 0.6) is 0 Å². The second kappa shape index (κ2) is 8.00. The lowest BCUT2D eigenvalue weighted by Gasteiger charge is -2.14. The molecule has 0 aromatic heterocycles. The lowest BCUT2D eigenvalue weighted by Crippen LogP contribution is -2.18. The van der Waals surface area contributed by atoms with Crippen molar-refractivity contribution in [2.24, 2.45) is 0 Å². The molecule has 0 radical (unpaired) electrons. The first-order valence-electron chi connectivity index (χ1n) is 5.80. The number of terminal acetylenes is 1. The van der Waals surface area contributed by atoms with Crippen LogP contribution in [0.1, 0.15) is 19.8 Å². The molecule has 0 bridgehead atoms. The summed E-state index contributed by atoms with van der Waals surface area (Å²) in [5, 5.41) is 9.72. The van der Waals surface area contributed by atoms with Crippen molar-refractivity contribution in [3.8, 4) is 12.3 Å². The maximum absolute atomic E-state index is 9.95. The minimum atomic E-state index is -0.586. The first-order chi connectivity index (χ1) is 8.27. The van der Waals surface area contributed by atoms with Crippen LogP contribution in [-0.2, 0) is 0 Å². The first kappa shape index (κ1) is 13.9. The summed E-state index contributed by atoms with van der Waals surface area (Å²) in [5.41, 5.74) is 0. The zero-order valence-electron chi connectivity index (χ0n) is 10.0. The quantitative estimate of drug-likeness (QED) is 0.471. The lowest BCUT2D eigenvalue weighted by molar-refractivity contribution is 0.234. The van der Waals surface area contributed by atoms with E-state index in [0.717, 1.165) is 17.7 Å². The molecule has 0 spiro atoms. The minimum Gasteiger partial charge on any atom is -0.387 e. The van der Waals surface area contributed by atoms with Gasteiger partial charge in [-0.25, -0.2) is 0 Å². The molecule has 1 rings (SSSR count). The monoisotopic (exact) mass is 246 g/mol. The number of rotatable bonds is 6. The van der Waals surface area contributed by atoms with E-state index in [2.05, 4.69) is 12.8 Å². The summed E-state index contributed by atoms with van der Waals surface area (Å²) >= 11 is 1.52. The van der Waals surface area contributed by atoms with E-state index in [4.69, 9.17) is 6.42 Å². The Labute approximate surface area is 108 Å². The van der Waals surface area contributed by atoms with Crippen molar-refractivity contribution in [2.75, 3.05) is 0 Å². The van der Waals surface area contributed by atoms with E-state index in [1.165, 1.54) is 11.8 Å². The Morgan fingerprint density at radius 2 is 2.12 bits per heavy atom. The zero-order chi connectivity index (χ0) is 12.5. The molecule has 1 aromatic carbocycles. The summed E-state index contributed by atoms with van der Waals surface area (Å²) in [5.74, 6) is 2.64. The highest BCUT2D eigenvalue weighted by atomic mass is 32.2. The predicted octanol–water partition coefficient (Wildman–Crippen LogP) is 3.50. The van der Waals surface area contributed by atoms with Crippen LogP contribution in [0.2, 0.25) is 0 Å². The highest BCUT2D eigenvalue weighted by Crippen LogP contribution is 2.25. The summed E-state index contributed by atoms with van der Waals surface area (Å²) < 4.78 is 0. The molecule has 1 aromatic rings. The Morgan fingerprint density at radius 1 is 1.41 bits per heavy atom. The summed E-state index contributed by atoms with van der Waals surface area (Å²) in [4.78, 5) is 1.08. The molecule has 1 N–H and O–H groups in total. The molecular weight excluding hydrogens is 228 g/mol. The molecular formula is C15H18OS. The van der Waals surface area contributed by atoms with Crippen LogP contribution in [0.3, 0.4) is 0 Å². The van der Waals surface area contributed by atoms with Gasteiger partial charge in [0.05, 0.1) is 11.4 Å². The third-order valence-corrected chi connectivity index (χ3v) is 3.48. The molecule has 17 heavy (non-hydrogen) atoms. The maximum Gasteiger partial charge on any atom is 0.0995 e. The van der Waals surface area contributed by atoms with Crippen LogP contribution >= 0.6 is 11.8 Å². The fourth-order valence-corrected chi connectivity index (χ4v) is 2.26. The third kappa shape index (κ3) is 5.12. The summed E-state index contributed by atoms with van der Waals surface area (Å²) in [6.45, 7) is 2.11. The average molecular weight is 246 g/mol. The van der Waals surface area contributed by atoms with E-state index in [-0.39, 0.29) is 5.25 Å². The van der Waals surface area contributed by atoms with E-state index in [9.17, 15) is 5.11 Å². The minimum absolute atomic E-state index is 0.231. The summed E-state index contributed by atoms with van der Waals surface area (Å²) in [6, 6.07) is 9.89. The third-order valence-electron chi connectivity index (χ3n) is 2.27. The number of benzene rings is 1. The molecule has 0 aliphatic heterocycles. The van der Waals surface area contributed by atoms with E-state index in [1.807, 2.05) is 36.4 Å². The molecule has 2 unspecified atom stereocenters. The van der Waals surface area contributed by atoms with Gasteiger partial charge in [0, 0.05) is 4.90 Å². The van der Waals surface area contributed by atoms with E-state index >= 15 is 0 Å². The van der Waals surface area contributed by atoms with Gasteiger partial charge in [-0.3, -0.25) is 0 Å². The Morgan fingerprint density at radius 3 is 2.71 bits per heavy atom. The van der Waals surface area contributed by atoms with Gasteiger partial charge in [-0.15, -0.1) is 18.2 Å². The molecule has 0 saturated carbocycles. The molecule has 2 heteroatoms. The lowest BCUT2D eigenvalue weighted by atomic mass is 10.2. The SMILES string of the molecule is C#CC(Sc1ccccc1)C(O)/C=C/CCC. The van der Waals surface area contributed by atoms with Gasteiger partial charge in [-0.1, -0.05) is 49.6 Å². The van der Waals surface area contributed by atoms with E-state index < -0.39 is 6.10 Å². The van der Waals surface area contributed by atoms with Crippen LogP contribution in [0.4, 0.5) is 0 Å². The van der Waals surface area contributed by atoms with Gasteiger partial charge in [-0.2, -0.15) is 0 Å². The number of hydrogen-bond donors (Lipinski definition) is 1. The number of aliphatic hydroxyl groups is 1. The van der Waals surface area contributed by atoms with Gasteiger partial charge in [0.25, 0.3) is 0 Å². The second-order valence-electron chi connectivity index (χ2n) is 3.73. The number of allylic oxidation sites excluding steroid dienone is 1. The summed E-state index contributed by atoms with van der Waals surface area (Å²) in [6.07, 6.45) is 10.7. The molecule has 1 nitrogen and oxygen atoms in total. The standard InChI is InChI=1S/C15H18OS/c1-3-5-7-12-14(16)15(4-2)17-13-10-8-6-9-11-13/h2,6-12,14-16H,3,5H2,1H3/b12-7+. The van der Waals surface area contributed by atoms with Gasteiger partial charge in [0.2, 0.25) is 0 Å². The molecule has 90 valence electrons. The topological polar surface area (TPSA) is 20.2 Å². The van der Waals surface area contributed by atoms with Gasteiger partial charge in [-0.05, 0) is 18.6 Å². The van der Waals surface area contributed by atoms with Crippen molar-refractivity contribution in [2.45, 2.75) is 36.0 Å². The number of aliphatic hydroxyl groups excluding tert-OH is 1. The van der Waals surface area contributed by atoms with Gasteiger partial charge >= 0.3 is 0 Å². The second-order valence-corrected chi connectivity index (χ2v) is 4.94. The van der Waals surface area contributed by atoms with Crippen LogP contribution in [-0.4, -0.2) is 16.5 Å². The van der Waals surface area contributed by atoms with Crippen LogP contribution in [0.15, 0.2) is 47.4 Å². The van der Waals surface area contributed by atoms with Gasteiger partial charge in [0.1, 0.15) is 0 Å². The van der Waals surface area contributed by atoms with Crippen molar-refractivity contribution in [3.05, 3.63) is 42.5 Å². The van der Waals surface area contributed by atoms with Crippen molar-refractivity contribution in [1.29, 1.82) is 0 Å². The highest BCUT2D eigenvalue weighted by Gasteiger charge is 2.14. The molecule has 0 fully saturated rings. The Hall–Kier alpha value is -1.17. The maximum atomic E-state index is 9.95. The first-order valence-corrected chi connectivity index (χ1v) is 6.68. The van der Waals surface area contributed by atoms with E-state index in [0.29, 0.717) is 0 Å². The zero-order valence-corrected chi connectivity index (χ0v) is 10.9. The fourth-order valence-electron chi connectivity index (χ4n) is 1.35. The number of hydrogen-bond acceptors (Lipinski definition) is 2. The molecule has 0 aliphatic carbocycles. The number of thioether (sulfide) groups is 1. The van der Waals surface area contributed by atoms with Crippen molar-refractivity contribution >= 4 is 11.8 Å². The smallest absolute Gasteiger partial charge is 0.0995 e. The Kier molecular flexibility index (Phi) is 6.54. The normalized spacial score (nSPS) is 14.4. The molecule has 2 atom stereocenters. The van der Waals surface area contributed by atoms with Gasteiger partial charge in [0.15, 0.2) is 0 Å². The molecule has 0 amide bonds. The van der Waals surface area contributed by atoms with Crippen molar-refractivity contribution in [1.82, 2.24) is 0 Å². The van der Waals surface area contributed by atoms with Crippen molar-refractivity contribution < 1.29 is 5.11 Å². The molecule has 0 heterocycles.